The molecule has 0 amide bonds. The number of hydrogen-bond acceptors (Lipinski definition) is 7. The monoisotopic (exact) mass is 424 g/mol. The van der Waals surface area contributed by atoms with Gasteiger partial charge in [-0.3, -0.25) is 9.59 Å². The van der Waals surface area contributed by atoms with Gasteiger partial charge in [-0.1, -0.05) is 24.8 Å². The third-order valence-corrected chi connectivity index (χ3v) is 4.99. The lowest BCUT2D eigenvalue weighted by atomic mass is 9.82. The Balaban J connectivity index is 1.42. The summed E-state index contributed by atoms with van der Waals surface area (Å²) in [5.74, 6) is -0.226. The molecule has 1 saturated carbocycles. The topological polar surface area (TPSA) is 88.1 Å². The highest BCUT2D eigenvalue weighted by Crippen LogP contribution is 2.31. The summed E-state index contributed by atoms with van der Waals surface area (Å²) < 4.78 is 20.8. The second kappa shape index (κ2) is 11.0. The van der Waals surface area contributed by atoms with Crippen LogP contribution in [0.4, 0.5) is 0 Å². The third kappa shape index (κ3) is 6.70. The van der Waals surface area contributed by atoms with Crippen LogP contribution in [-0.4, -0.2) is 24.7 Å². The fourth-order valence-electron chi connectivity index (χ4n) is 3.27. The van der Waals surface area contributed by atoms with Crippen molar-refractivity contribution >= 4 is 17.9 Å². The van der Waals surface area contributed by atoms with Crippen molar-refractivity contribution in [3.05, 3.63) is 67.3 Å². The van der Waals surface area contributed by atoms with E-state index < -0.39 is 5.97 Å². The molecular formula is C24H24O7. The van der Waals surface area contributed by atoms with Crippen molar-refractivity contribution in [3.63, 3.8) is 0 Å². The van der Waals surface area contributed by atoms with Crippen LogP contribution < -0.4 is 14.2 Å². The molecule has 0 saturated heterocycles. The van der Waals surface area contributed by atoms with E-state index in [2.05, 4.69) is 6.58 Å². The Hall–Kier alpha value is -3.61. The molecule has 2 aromatic rings. The van der Waals surface area contributed by atoms with Crippen LogP contribution in [0.1, 0.15) is 25.7 Å². The van der Waals surface area contributed by atoms with E-state index in [0.29, 0.717) is 42.9 Å². The number of carbonyl (C=O) groups excluding carboxylic acids is 3. The van der Waals surface area contributed by atoms with Gasteiger partial charge in [0.2, 0.25) is 6.79 Å². The average molecular weight is 424 g/mol. The van der Waals surface area contributed by atoms with Gasteiger partial charge in [-0.2, -0.15) is 0 Å². The zero-order chi connectivity index (χ0) is 22.1. The molecule has 7 nitrogen and oxygen atoms in total. The zero-order valence-electron chi connectivity index (χ0n) is 17.0. The summed E-state index contributed by atoms with van der Waals surface area (Å²) >= 11 is 0. The lowest BCUT2D eigenvalue weighted by Gasteiger charge is -2.25. The first-order valence-electron chi connectivity index (χ1n) is 10.1. The summed E-state index contributed by atoms with van der Waals surface area (Å²) in [4.78, 5) is 35.7. The Morgan fingerprint density at radius 3 is 1.77 bits per heavy atom. The third-order valence-electron chi connectivity index (χ3n) is 4.99. The van der Waals surface area contributed by atoms with Crippen LogP contribution >= 0.6 is 0 Å². The van der Waals surface area contributed by atoms with E-state index in [9.17, 15) is 14.4 Å². The van der Waals surface area contributed by atoms with E-state index in [1.807, 2.05) is 18.2 Å². The standard InChI is InChI=1S/C24H24O7/c1-2-22(25)29-16-28-19-12-14-21(15-13-19)31-24(27)18-10-8-17(9-11-18)23(26)30-20-6-4-3-5-7-20/h2-7,12-15,17-18H,1,8-11,16H2. The second-order valence-electron chi connectivity index (χ2n) is 7.10. The van der Waals surface area contributed by atoms with Crippen LogP contribution in [0.25, 0.3) is 0 Å². The van der Waals surface area contributed by atoms with E-state index in [4.69, 9.17) is 18.9 Å². The molecular weight excluding hydrogens is 400 g/mol. The molecule has 0 aliphatic heterocycles. The molecule has 0 spiro atoms. The van der Waals surface area contributed by atoms with Crippen molar-refractivity contribution in [1.29, 1.82) is 0 Å². The van der Waals surface area contributed by atoms with Gasteiger partial charge in [0, 0.05) is 6.08 Å². The number of ether oxygens (including phenoxy) is 4. The Kier molecular flexibility index (Phi) is 7.81. The molecule has 0 unspecified atom stereocenters. The lowest BCUT2D eigenvalue weighted by Crippen LogP contribution is -2.30. The van der Waals surface area contributed by atoms with Crippen molar-refractivity contribution in [2.24, 2.45) is 11.8 Å². The van der Waals surface area contributed by atoms with Gasteiger partial charge in [0.1, 0.15) is 17.2 Å². The first kappa shape index (κ1) is 22.1. The maximum atomic E-state index is 12.5. The first-order valence-corrected chi connectivity index (χ1v) is 10.1. The number of benzene rings is 2. The van der Waals surface area contributed by atoms with Gasteiger partial charge in [0.15, 0.2) is 0 Å². The fraction of sp³-hybridized carbons (Fsp3) is 0.292. The number of carbonyl (C=O) groups is 3. The highest BCUT2D eigenvalue weighted by molar-refractivity contribution is 5.81. The summed E-state index contributed by atoms with van der Waals surface area (Å²) in [5.41, 5.74) is 0. The van der Waals surface area contributed by atoms with Crippen LogP contribution in [0.3, 0.4) is 0 Å². The van der Waals surface area contributed by atoms with Gasteiger partial charge in [-0.15, -0.1) is 0 Å². The number of para-hydroxylation sites is 1. The second-order valence-corrected chi connectivity index (χ2v) is 7.10. The minimum atomic E-state index is -0.575. The van der Waals surface area contributed by atoms with Gasteiger partial charge in [0.25, 0.3) is 0 Å². The molecule has 31 heavy (non-hydrogen) atoms. The highest BCUT2D eigenvalue weighted by atomic mass is 16.7. The molecule has 0 aromatic heterocycles. The summed E-state index contributed by atoms with van der Waals surface area (Å²) in [6.45, 7) is 3.06. The Labute approximate surface area is 180 Å². The SMILES string of the molecule is C=CC(=O)OCOc1ccc(OC(=O)C2CCC(C(=O)Oc3ccccc3)CC2)cc1. The van der Waals surface area contributed by atoms with E-state index in [1.54, 1.807) is 36.4 Å². The number of esters is 3. The maximum Gasteiger partial charge on any atom is 0.333 e. The number of hydrogen-bond donors (Lipinski definition) is 0. The molecule has 1 aliphatic rings. The summed E-state index contributed by atoms with van der Waals surface area (Å²) in [5, 5.41) is 0. The van der Waals surface area contributed by atoms with Gasteiger partial charge in [-0.25, -0.2) is 4.79 Å². The fourth-order valence-corrected chi connectivity index (χ4v) is 3.27. The van der Waals surface area contributed by atoms with Crippen molar-refractivity contribution in [1.82, 2.24) is 0 Å². The number of rotatable bonds is 8. The van der Waals surface area contributed by atoms with E-state index in [0.717, 1.165) is 6.08 Å². The van der Waals surface area contributed by atoms with Crippen LogP contribution in [-0.2, 0) is 19.1 Å². The molecule has 0 radical (unpaired) electrons. The van der Waals surface area contributed by atoms with E-state index in [1.165, 1.54) is 0 Å². The zero-order valence-corrected chi connectivity index (χ0v) is 17.0. The largest absolute Gasteiger partial charge is 0.457 e. The molecule has 162 valence electrons. The quantitative estimate of drug-likeness (QED) is 0.273. The van der Waals surface area contributed by atoms with Crippen LogP contribution in [0.5, 0.6) is 17.2 Å². The Morgan fingerprint density at radius 2 is 1.26 bits per heavy atom. The maximum absolute atomic E-state index is 12.5. The van der Waals surface area contributed by atoms with Crippen LogP contribution in [0.2, 0.25) is 0 Å². The van der Waals surface area contributed by atoms with Crippen LogP contribution in [0.15, 0.2) is 67.3 Å². The molecule has 0 heterocycles. The molecule has 0 bridgehead atoms. The predicted molar refractivity (Wildman–Crippen MR) is 111 cm³/mol. The molecule has 0 atom stereocenters. The summed E-state index contributed by atoms with van der Waals surface area (Å²) in [7, 11) is 0. The van der Waals surface area contributed by atoms with E-state index >= 15 is 0 Å². The summed E-state index contributed by atoms with van der Waals surface area (Å²) in [6.07, 6.45) is 3.36. The van der Waals surface area contributed by atoms with E-state index in [-0.39, 0.29) is 30.6 Å². The molecule has 0 N–H and O–H groups in total. The molecule has 7 heteroatoms. The molecule has 1 fully saturated rings. The van der Waals surface area contributed by atoms with Crippen molar-refractivity contribution in [2.45, 2.75) is 25.7 Å². The van der Waals surface area contributed by atoms with Crippen molar-refractivity contribution in [3.8, 4) is 17.2 Å². The molecule has 2 aromatic carbocycles. The van der Waals surface area contributed by atoms with Gasteiger partial charge < -0.3 is 18.9 Å². The smallest absolute Gasteiger partial charge is 0.333 e. The van der Waals surface area contributed by atoms with Crippen molar-refractivity contribution in [2.75, 3.05) is 6.79 Å². The Bertz CT molecular complexity index is 897. The van der Waals surface area contributed by atoms with Crippen LogP contribution in [0, 0.1) is 11.8 Å². The predicted octanol–water partition coefficient (Wildman–Crippen LogP) is 4.07. The molecule has 3 rings (SSSR count). The minimum Gasteiger partial charge on any atom is -0.457 e. The minimum absolute atomic E-state index is 0.212. The first-order chi connectivity index (χ1) is 15.0. The normalized spacial score (nSPS) is 17.8. The Morgan fingerprint density at radius 1 is 0.774 bits per heavy atom. The van der Waals surface area contributed by atoms with Gasteiger partial charge >= 0.3 is 17.9 Å². The lowest BCUT2D eigenvalue weighted by molar-refractivity contribution is -0.145. The van der Waals surface area contributed by atoms with Gasteiger partial charge in [-0.05, 0) is 62.1 Å². The summed E-state index contributed by atoms with van der Waals surface area (Å²) in [6, 6.07) is 15.4. The highest BCUT2D eigenvalue weighted by Gasteiger charge is 2.32. The molecule has 1 aliphatic carbocycles. The van der Waals surface area contributed by atoms with Gasteiger partial charge in [0.05, 0.1) is 11.8 Å². The van der Waals surface area contributed by atoms with Crippen molar-refractivity contribution < 1.29 is 33.3 Å². The average Bonchev–Trinajstić information content (AvgIpc) is 2.80.